The van der Waals surface area contributed by atoms with Gasteiger partial charge in [0.15, 0.2) is 0 Å². The number of allylic oxidation sites excluding steroid dienone is 1. The lowest BCUT2D eigenvalue weighted by Crippen LogP contribution is -2.51. The number of nitrogens with one attached hydrogen (secondary N) is 1. The Morgan fingerprint density at radius 3 is 2.54 bits per heavy atom. The summed E-state index contributed by atoms with van der Waals surface area (Å²) in [6, 6.07) is 5.74. The molecule has 4 aliphatic carbocycles. The maximum absolute atomic E-state index is 13.0. The minimum Gasteiger partial charge on any atom is -0.351 e. The normalized spacial score (nSPS) is 34.8. The topological polar surface area (TPSA) is 41.5 Å². The molecule has 28 heavy (non-hydrogen) atoms. The maximum Gasteiger partial charge on any atom is 0.252 e. The highest BCUT2D eigenvalue weighted by Crippen LogP contribution is 2.59. The van der Waals surface area contributed by atoms with Crippen LogP contribution in [0.15, 0.2) is 28.8 Å². The summed E-state index contributed by atoms with van der Waals surface area (Å²) in [7, 11) is 0. The number of hydrogen-bond donors (Lipinski definition) is 1. The van der Waals surface area contributed by atoms with E-state index in [2.05, 4.69) is 16.4 Å². The third kappa shape index (κ3) is 3.66. The molecule has 1 aromatic rings. The summed E-state index contributed by atoms with van der Waals surface area (Å²) < 4.78 is 0. The molecule has 4 saturated carbocycles. The molecular weight excluding hydrogens is 368 g/mol. The van der Waals surface area contributed by atoms with Gasteiger partial charge in [-0.15, -0.1) is 0 Å². The van der Waals surface area contributed by atoms with Crippen LogP contribution < -0.4 is 5.32 Å². The second-order valence-corrected chi connectivity index (χ2v) is 10.1. The largest absolute Gasteiger partial charge is 0.351 e. The number of aliphatic imine (C=N–C) groups is 1. The molecule has 1 N–H and O–H groups in total. The van der Waals surface area contributed by atoms with Crippen molar-refractivity contribution < 1.29 is 4.79 Å². The summed E-state index contributed by atoms with van der Waals surface area (Å²) in [5, 5.41) is 3.79. The van der Waals surface area contributed by atoms with Crippen molar-refractivity contribution in [3.8, 4) is 0 Å². The molecule has 0 saturated heterocycles. The zero-order valence-corrected chi connectivity index (χ0v) is 17.2. The molecule has 0 unspecified atom stereocenters. The van der Waals surface area contributed by atoms with Crippen LogP contribution in [0.2, 0.25) is 5.02 Å². The molecule has 0 spiro atoms. The van der Waals surface area contributed by atoms with Gasteiger partial charge in [-0.1, -0.05) is 23.7 Å². The lowest BCUT2D eigenvalue weighted by molar-refractivity contribution is -0.0503. The molecule has 0 radical (unpaired) electrons. The van der Waals surface area contributed by atoms with Gasteiger partial charge in [-0.3, -0.25) is 9.79 Å². The summed E-state index contributed by atoms with van der Waals surface area (Å²) in [5.74, 6) is 2.68. The fourth-order valence-corrected chi connectivity index (χ4v) is 6.82. The van der Waals surface area contributed by atoms with Gasteiger partial charge in [-0.05, 0) is 97.8 Å². The molecule has 4 heteroatoms. The van der Waals surface area contributed by atoms with Gasteiger partial charge in [0.25, 0.3) is 5.91 Å². The summed E-state index contributed by atoms with van der Waals surface area (Å²) in [5.41, 5.74) is 3.17. The van der Waals surface area contributed by atoms with Crippen LogP contribution in [0.3, 0.4) is 0 Å². The minimum atomic E-state index is -0.0293. The fraction of sp³-hybridized carbons (Fsp3) is 0.583. The number of halogens is 1. The van der Waals surface area contributed by atoms with Gasteiger partial charge in [-0.25, -0.2) is 0 Å². The van der Waals surface area contributed by atoms with Gasteiger partial charge in [-0.2, -0.15) is 0 Å². The first kappa shape index (κ1) is 18.4. The monoisotopic (exact) mass is 396 g/mol. The van der Waals surface area contributed by atoms with Crippen LogP contribution in [-0.4, -0.2) is 25.2 Å². The summed E-state index contributed by atoms with van der Waals surface area (Å²) in [4.78, 5) is 17.3. The van der Waals surface area contributed by atoms with Crippen molar-refractivity contribution in [1.82, 2.24) is 5.32 Å². The van der Waals surface area contributed by atoms with E-state index in [1.807, 2.05) is 24.4 Å². The quantitative estimate of drug-likeness (QED) is 0.713. The zero-order chi connectivity index (χ0) is 19.1. The average Bonchev–Trinajstić information content (AvgIpc) is 2.67. The number of carbonyl (C=O) groups is 1. The Balaban J connectivity index is 1.29. The van der Waals surface area contributed by atoms with Crippen molar-refractivity contribution >= 4 is 29.8 Å². The standard InChI is InChI=1S/C24H29ClN2O/c25-22-4-3-16(6-17-2-1-5-26-14-17)10-21(22)23(28)27-15-24-11-18-7-19(12-24)9-20(8-18)13-24/h3-4,6,10,14,18-20H,1-2,5,7-9,11-13,15H2,(H,27,28). The number of nitrogens with zero attached hydrogens (tertiary/aromatic N) is 1. The molecule has 148 valence electrons. The summed E-state index contributed by atoms with van der Waals surface area (Å²) in [6.45, 7) is 1.72. The van der Waals surface area contributed by atoms with Gasteiger partial charge in [0.1, 0.15) is 0 Å². The van der Waals surface area contributed by atoms with Crippen molar-refractivity contribution in [1.29, 1.82) is 0 Å². The smallest absolute Gasteiger partial charge is 0.252 e. The number of carbonyl (C=O) groups excluding carboxylic acids is 1. The molecule has 0 atom stereocenters. The Bertz CT molecular complexity index is 806. The molecule has 5 aliphatic rings. The van der Waals surface area contributed by atoms with Crippen molar-refractivity contribution in [2.45, 2.75) is 51.4 Å². The van der Waals surface area contributed by atoms with E-state index in [0.717, 1.165) is 49.2 Å². The average molecular weight is 397 g/mol. The Kier molecular flexibility index (Phi) is 4.82. The molecule has 4 fully saturated rings. The van der Waals surface area contributed by atoms with Crippen LogP contribution in [-0.2, 0) is 0 Å². The second kappa shape index (κ2) is 7.33. The molecule has 1 heterocycles. The zero-order valence-electron chi connectivity index (χ0n) is 16.4. The van der Waals surface area contributed by atoms with Crippen LogP contribution in [0, 0.1) is 23.2 Å². The van der Waals surface area contributed by atoms with Crippen LogP contribution >= 0.6 is 11.6 Å². The predicted octanol–water partition coefficient (Wildman–Crippen LogP) is 5.53. The van der Waals surface area contributed by atoms with E-state index in [0.29, 0.717) is 16.0 Å². The van der Waals surface area contributed by atoms with E-state index in [1.54, 1.807) is 0 Å². The van der Waals surface area contributed by atoms with Gasteiger partial charge in [0, 0.05) is 19.3 Å². The maximum atomic E-state index is 13.0. The highest BCUT2D eigenvalue weighted by atomic mass is 35.5. The van der Waals surface area contributed by atoms with Crippen LogP contribution in [0.25, 0.3) is 6.08 Å². The number of hydrogen-bond acceptors (Lipinski definition) is 2. The van der Waals surface area contributed by atoms with Crippen LogP contribution in [0.4, 0.5) is 0 Å². The molecular formula is C24H29ClN2O. The first-order valence-electron chi connectivity index (χ1n) is 10.9. The number of benzene rings is 1. The van der Waals surface area contributed by atoms with Crippen molar-refractivity contribution in [2.24, 2.45) is 28.2 Å². The molecule has 1 aromatic carbocycles. The Labute approximate surface area is 172 Å². The van der Waals surface area contributed by atoms with E-state index in [9.17, 15) is 4.79 Å². The van der Waals surface area contributed by atoms with Gasteiger partial charge in [0.05, 0.1) is 10.6 Å². The van der Waals surface area contributed by atoms with Crippen molar-refractivity contribution in [3.05, 3.63) is 39.9 Å². The molecule has 0 aromatic heterocycles. The molecule has 6 rings (SSSR count). The third-order valence-corrected chi connectivity index (χ3v) is 7.72. The SMILES string of the molecule is O=C(NCC12CC3CC(CC(C3)C1)C2)c1cc(C=C2C=NCCC2)ccc1Cl. The molecule has 1 amide bonds. The van der Waals surface area contributed by atoms with E-state index >= 15 is 0 Å². The Morgan fingerprint density at radius 2 is 1.89 bits per heavy atom. The summed E-state index contributed by atoms with van der Waals surface area (Å²) in [6.07, 6.45) is 14.4. The number of amides is 1. The van der Waals surface area contributed by atoms with Gasteiger partial charge in [0.2, 0.25) is 0 Å². The molecule has 3 nitrogen and oxygen atoms in total. The van der Waals surface area contributed by atoms with E-state index in [1.165, 1.54) is 44.1 Å². The number of rotatable bonds is 4. The Morgan fingerprint density at radius 1 is 1.18 bits per heavy atom. The highest BCUT2D eigenvalue weighted by Gasteiger charge is 2.50. The fourth-order valence-electron chi connectivity index (χ4n) is 6.62. The second-order valence-electron chi connectivity index (χ2n) is 9.70. The predicted molar refractivity (Wildman–Crippen MR) is 115 cm³/mol. The highest BCUT2D eigenvalue weighted by molar-refractivity contribution is 6.33. The first-order valence-corrected chi connectivity index (χ1v) is 11.2. The molecule has 4 bridgehead atoms. The lowest BCUT2D eigenvalue weighted by Gasteiger charge is -2.56. The molecule has 1 aliphatic heterocycles. The summed E-state index contributed by atoms with van der Waals surface area (Å²) >= 11 is 6.38. The van der Waals surface area contributed by atoms with Crippen LogP contribution in [0.5, 0.6) is 0 Å². The Hall–Kier alpha value is -1.61. The van der Waals surface area contributed by atoms with Crippen LogP contribution in [0.1, 0.15) is 67.3 Å². The first-order chi connectivity index (χ1) is 13.6. The van der Waals surface area contributed by atoms with E-state index in [-0.39, 0.29) is 5.91 Å². The van der Waals surface area contributed by atoms with E-state index < -0.39 is 0 Å². The van der Waals surface area contributed by atoms with Crippen molar-refractivity contribution in [3.63, 3.8) is 0 Å². The minimum absolute atomic E-state index is 0.0293. The third-order valence-electron chi connectivity index (χ3n) is 7.39. The van der Waals surface area contributed by atoms with E-state index in [4.69, 9.17) is 11.6 Å². The van der Waals surface area contributed by atoms with Gasteiger partial charge >= 0.3 is 0 Å². The lowest BCUT2D eigenvalue weighted by atomic mass is 9.49. The van der Waals surface area contributed by atoms with Crippen molar-refractivity contribution in [2.75, 3.05) is 13.1 Å². The van der Waals surface area contributed by atoms with Gasteiger partial charge < -0.3 is 5.32 Å².